The lowest BCUT2D eigenvalue weighted by Gasteiger charge is -2.30. The van der Waals surface area contributed by atoms with Crippen molar-refractivity contribution in [2.45, 2.75) is 50.3 Å². The SMILES string of the molecule is O=C1CCCC(C2CCCC2)C1Cl. The molecule has 2 rings (SSSR count). The van der Waals surface area contributed by atoms with Crippen LogP contribution >= 0.6 is 11.6 Å². The maximum Gasteiger partial charge on any atom is 0.150 e. The number of ketones is 1. The molecule has 2 atom stereocenters. The minimum Gasteiger partial charge on any atom is -0.298 e. The molecule has 2 unspecified atom stereocenters. The van der Waals surface area contributed by atoms with Gasteiger partial charge < -0.3 is 0 Å². The van der Waals surface area contributed by atoms with Crippen LogP contribution in [0.5, 0.6) is 0 Å². The van der Waals surface area contributed by atoms with E-state index in [-0.39, 0.29) is 5.38 Å². The predicted octanol–water partition coefficient (Wildman–Crippen LogP) is 3.15. The summed E-state index contributed by atoms with van der Waals surface area (Å²) in [4.78, 5) is 11.4. The number of hydrogen-bond acceptors (Lipinski definition) is 1. The van der Waals surface area contributed by atoms with Gasteiger partial charge >= 0.3 is 0 Å². The summed E-state index contributed by atoms with van der Waals surface area (Å²) in [6.07, 6.45) is 8.28. The van der Waals surface area contributed by atoms with Crippen LogP contribution in [0.1, 0.15) is 44.9 Å². The van der Waals surface area contributed by atoms with Crippen molar-refractivity contribution >= 4 is 17.4 Å². The van der Waals surface area contributed by atoms with Crippen molar-refractivity contribution in [3.8, 4) is 0 Å². The molecule has 0 heterocycles. The summed E-state index contributed by atoms with van der Waals surface area (Å²) in [5, 5.41) is -0.156. The highest BCUT2D eigenvalue weighted by Crippen LogP contribution is 2.40. The minimum absolute atomic E-state index is 0.156. The van der Waals surface area contributed by atoms with Gasteiger partial charge in [0.15, 0.2) is 5.78 Å². The van der Waals surface area contributed by atoms with Crippen molar-refractivity contribution in [2.75, 3.05) is 0 Å². The molecule has 0 bridgehead atoms. The zero-order valence-electron chi connectivity index (χ0n) is 7.97. The smallest absolute Gasteiger partial charge is 0.150 e. The van der Waals surface area contributed by atoms with Crippen LogP contribution in [-0.4, -0.2) is 11.2 Å². The quantitative estimate of drug-likeness (QED) is 0.595. The average Bonchev–Trinajstić information content (AvgIpc) is 2.62. The van der Waals surface area contributed by atoms with Gasteiger partial charge in [-0.1, -0.05) is 25.7 Å². The van der Waals surface area contributed by atoms with E-state index in [9.17, 15) is 4.79 Å². The molecule has 1 nitrogen and oxygen atoms in total. The van der Waals surface area contributed by atoms with E-state index in [1.165, 1.54) is 32.1 Å². The zero-order chi connectivity index (χ0) is 9.26. The molecule has 0 aromatic carbocycles. The fourth-order valence-electron chi connectivity index (χ4n) is 2.90. The van der Waals surface area contributed by atoms with Gasteiger partial charge in [0, 0.05) is 6.42 Å². The maximum absolute atomic E-state index is 11.4. The molecule has 0 aliphatic heterocycles. The monoisotopic (exact) mass is 200 g/mol. The molecule has 0 aromatic heterocycles. The summed E-state index contributed by atoms with van der Waals surface area (Å²) >= 11 is 6.16. The first-order valence-corrected chi connectivity index (χ1v) is 5.89. The predicted molar refractivity (Wildman–Crippen MR) is 53.9 cm³/mol. The first-order valence-electron chi connectivity index (χ1n) is 5.46. The first kappa shape index (κ1) is 9.51. The second kappa shape index (κ2) is 4.00. The molecule has 74 valence electrons. The van der Waals surface area contributed by atoms with Crippen LogP contribution in [0.15, 0.2) is 0 Å². The van der Waals surface area contributed by atoms with Crippen LogP contribution in [0.2, 0.25) is 0 Å². The Morgan fingerprint density at radius 2 is 1.77 bits per heavy atom. The van der Waals surface area contributed by atoms with Crippen LogP contribution < -0.4 is 0 Å². The highest BCUT2D eigenvalue weighted by atomic mass is 35.5. The fourth-order valence-corrected chi connectivity index (χ4v) is 3.34. The van der Waals surface area contributed by atoms with Gasteiger partial charge in [-0.05, 0) is 24.7 Å². The third-order valence-electron chi connectivity index (χ3n) is 3.65. The Bertz CT molecular complexity index is 196. The third-order valence-corrected chi connectivity index (χ3v) is 4.22. The lowest BCUT2D eigenvalue weighted by molar-refractivity contribution is -0.121. The highest BCUT2D eigenvalue weighted by Gasteiger charge is 2.36. The Labute approximate surface area is 84.8 Å². The minimum atomic E-state index is -0.156. The number of carbonyl (C=O) groups is 1. The van der Waals surface area contributed by atoms with Gasteiger partial charge in [-0.2, -0.15) is 0 Å². The topological polar surface area (TPSA) is 17.1 Å². The molecular weight excluding hydrogens is 184 g/mol. The molecule has 2 saturated carbocycles. The summed E-state index contributed by atoms with van der Waals surface area (Å²) in [5.74, 6) is 1.56. The molecule has 2 aliphatic rings. The van der Waals surface area contributed by atoms with E-state index in [4.69, 9.17) is 11.6 Å². The van der Waals surface area contributed by atoms with E-state index >= 15 is 0 Å². The normalized spacial score (nSPS) is 36.8. The largest absolute Gasteiger partial charge is 0.298 e. The van der Waals surface area contributed by atoms with Crippen molar-refractivity contribution in [3.05, 3.63) is 0 Å². The van der Waals surface area contributed by atoms with Gasteiger partial charge in [-0.15, -0.1) is 11.6 Å². The lowest BCUT2D eigenvalue weighted by Crippen LogP contribution is -2.33. The molecule has 2 fully saturated rings. The lowest BCUT2D eigenvalue weighted by atomic mass is 9.78. The summed E-state index contributed by atoms with van der Waals surface area (Å²) in [6.45, 7) is 0. The fraction of sp³-hybridized carbons (Fsp3) is 0.909. The number of alkyl halides is 1. The van der Waals surface area contributed by atoms with Crippen molar-refractivity contribution in [2.24, 2.45) is 11.8 Å². The summed E-state index contributed by atoms with van der Waals surface area (Å²) in [5.41, 5.74) is 0. The second-order valence-corrected chi connectivity index (χ2v) is 4.94. The van der Waals surface area contributed by atoms with E-state index in [0.29, 0.717) is 11.7 Å². The number of Topliss-reactive ketones (excluding diaryl/α,β-unsaturated/α-hetero) is 1. The number of carbonyl (C=O) groups excluding carboxylic acids is 1. The standard InChI is InChI=1S/C11H17ClO/c12-11-9(6-3-7-10(11)13)8-4-1-2-5-8/h8-9,11H,1-7H2. The van der Waals surface area contributed by atoms with E-state index in [0.717, 1.165) is 18.8 Å². The van der Waals surface area contributed by atoms with E-state index in [2.05, 4.69) is 0 Å². The molecule has 0 radical (unpaired) electrons. The Morgan fingerprint density at radius 3 is 2.46 bits per heavy atom. The number of halogens is 1. The number of rotatable bonds is 1. The van der Waals surface area contributed by atoms with Crippen molar-refractivity contribution in [1.82, 2.24) is 0 Å². The van der Waals surface area contributed by atoms with Gasteiger partial charge in [-0.3, -0.25) is 4.79 Å². The molecule has 0 aromatic rings. The average molecular weight is 201 g/mol. The molecule has 0 amide bonds. The van der Waals surface area contributed by atoms with Crippen molar-refractivity contribution < 1.29 is 4.79 Å². The van der Waals surface area contributed by atoms with Crippen LogP contribution in [0, 0.1) is 11.8 Å². The Hall–Kier alpha value is -0.0400. The summed E-state index contributed by atoms with van der Waals surface area (Å²) in [6, 6.07) is 0. The number of hydrogen-bond donors (Lipinski definition) is 0. The Balaban J connectivity index is 1.99. The Kier molecular flexibility index (Phi) is 2.92. The highest BCUT2D eigenvalue weighted by molar-refractivity contribution is 6.31. The van der Waals surface area contributed by atoms with Gasteiger partial charge in [-0.25, -0.2) is 0 Å². The van der Waals surface area contributed by atoms with Crippen LogP contribution in [0.4, 0.5) is 0 Å². The summed E-state index contributed by atoms with van der Waals surface area (Å²) in [7, 11) is 0. The van der Waals surface area contributed by atoms with E-state index < -0.39 is 0 Å². The van der Waals surface area contributed by atoms with E-state index in [1.54, 1.807) is 0 Å². The third kappa shape index (κ3) is 1.90. The van der Waals surface area contributed by atoms with Crippen LogP contribution in [0.25, 0.3) is 0 Å². The zero-order valence-corrected chi connectivity index (χ0v) is 8.72. The van der Waals surface area contributed by atoms with Crippen LogP contribution in [-0.2, 0) is 4.79 Å². The molecule has 0 N–H and O–H groups in total. The van der Waals surface area contributed by atoms with Crippen LogP contribution in [0.3, 0.4) is 0 Å². The van der Waals surface area contributed by atoms with Crippen molar-refractivity contribution in [1.29, 1.82) is 0 Å². The molecule has 13 heavy (non-hydrogen) atoms. The summed E-state index contributed by atoms with van der Waals surface area (Å²) < 4.78 is 0. The maximum atomic E-state index is 11.4. The Morgan fingerprint density at radius 1 is 1.08 bits per heavy atom. The van der Waals surface area contributed by atoms with Gasteiger partial charge in [0.25, 0.3) is 0 Å². The van der Waals surface area contributed by atoms with Gasteiger partial charge in [0.1, 0.15) is 0 Å². The first-order chi connectivity index (χ1) is 6.29. The van der Waals surface area contributed by atoms with Gasteiger partial charge in [0.2, 0.25) is 0 Å². The molecule has 0 spiro atoms. The van der Waals surface area contributed by atoms with Gasteiger partial charge in [0.05, 0.1) is 5.38 Å². The molecule has 2 aliphatic carbocycles. The molecular formula is C11H17ClO. The molecule has 2 heteroatoms. The van der Waals surface area contributed by atoms with Crippen molar-refractivity contribution in [3.63, 3.8) is 0 Å². The van der Waals surface area contributed by atoms with E-state index in [1.807, 2.05) is 0 Å². The second-order valence-electron chi connectivity index (χ2n) is 4.47. The molecule has 0 saturated heterocycles.